The number of aromatic nitrogens is 2. The van der Waals surface area contributed by atoms with E-state index < -0.39 is 10.0 Å². The zero-order valence-corrected chi connectivity index (χ0v) is 10.9. The molecule has 0 spiro atoms. The monoisotopic (exact) mass is 267 g/mol. The highest BCUT2D eigenvalue weighted by molar-refractivity contribution is 7.92. The highest BCUT2D eigenvalue weighted by Gasteiger charge is 2.17. The molecule has 2 rings (SSSR count). The molecule has 0 aliphatic rings. The van der Waals surface area contributed by atoms with Crippen LogP contribution in [-0.4, -0.2) is 18.6 Å². The van der Waals surface area contributed by atoms with Crippen LogP contribution >= 0.6 is 0 Å². The molecule has 7 heteroatoms. The lowest BCUT2D eigenvalue weighted by atomic mass is 10.2. The lowest BCUT2D eigenvalue weighted by molar-refractivity contribution is 0.383. The van der Waals surface area contributed by atoms with Crippen molar-refractivity contribution in [1.82, 2.24) is 10.1 Å². The lowest BCUT2D eigenvalue weighted by Crippen LogP contribution is -2.13. The number of hydrogen-bond donors (Lipinski definition) is 1. The van der Waals surface area contributed by atoms with E-state index in [9.17, 15) is 8.42 Å². The van der Waals surface area contributed by atoms with E-state index in [4.69, 9.17) is 4.52 Å². The highest BCUT2D eigenvalue weighted by Crippen LogP contribution is 2.14. The van der Waals surface area contributed by atoms with E-state index in [0.29, 0.717) is 12.3 Å². The second kappa shape index (κ2) is 4.77. The standard InChI is InChI=1S/C11H13N3O3S/c1-3-10-12-11(13-17-10)14-18(15,16)9-6-4-8(2)5-7-9/h4-7H,3H2,1-2H3,(H,13,14). The van der Waals surface area contributed by atoms with Gasteiger partial charge in [-0.15, -0.1) is 0 Å². The summed E-state index contributed by atoms with van der Waals surface area (Å²) in [4.78, 5) is 4.05. The van der Waals surface area contributed by atoms with Crippen molar-refractivity contribution in [1.29, 1.82) is 0 Å². The zero-order valence-electron chi connectivity index (χ0n) is 10.0. The molecular weight excluding hydrogens is 254 g/mol. The minimum Gasteiger partial charge on any atom is -0.337 e. The molecule has 1 heterocycles. The molecule has 0 unspecified atom stereocenters. The van der Waals surface area contributed by atoms with Gasteiger partial charge in [-0.1, -0.05) is 24.6 Å². The number of rotatable bonds is 4. The lowest BCUT2D eigenvalue weighted by Gasteiger charge is -2.03. The zero-order chi connectivity index (χ0) is 13.2. The summed E-state index contributed by atoms with van der Waals surface area (Å²) < 4.78 is 31.0. The van der Waals surface area contributed by atoms with Gasteiger partial charge in [0.25, 0.3) is 16.0 Å². The van der Waals surface area contributed by atoms with Crippen molar-refractivity contribution in [3.05, 3.63) is 35.7 Å². The summed E-state index contributed by atoms with van der Waals surface area (Å²) in [6.45, 7) is 3.72. The molecule has 0 fully saturated rings. The van der Waals surface area contributed by atoms with Crippen molar-refractivity contribution in [2.24, 2.45) is 0 Å². The summed E-state index contributed by atoms with van der Waals surface area (Å²) in [6.07, 6.45) is 0.555. The number of hydrogen-bond acceptors (Lipinski definition) is 5. The van der Waals surface area contributed by atoms with Gasteiger partial charge in [-0.2, -0.15) is 4.98 Å². The van der Waals surface area contributed by atoms with Crippen molar-refractivity contribution < 1.29 is 12.9 Å². The summed E-state index contributed by atoms with van der Waals surface area (Å²) in [5.74, 6) is 0.337. The molecule has 1 aromatic heterocycles. The van der Waals surface area contributed by atoms with Gasteiger partial charge in [-0.3, -0.25) is 0 Å². The summed E-state index contributed by atoms with van der Waals surface area (Å²) in [5, 5.41) is 3.54. The van der Waals surface area contributed by atoms with Crippen molar-refractivity contribution >= 4 is 16.0 Å². The van der Waals surface area contributed by atoms with Crippen LogP contribution in [0.5, 0.6) is 0 Å². The van der Waals surface area contributed by atoms with Crippen molar-refractivity contribution in [2.75, 3.05) is 4.72 Å². The van der Waals surface area contributed by atoms with Crippen LogP contribution in [0.15, 0.2) is 33.7 Å². The van der Waals surface area contributed by atoms with Gasteiger partial charge in [0.05, 0.1) is 4.90 Å². The summed E-state index contributed by atoms with van der Waals surface area (Å²) in [6, 6.07) is 6.50. The number of benzene rings is 1. The Morgan fingerprint density at radius 1 is 1.28 bits per heavy atom. The van der Waals surface area contributed by atoms with Crippen LogP contribution in [0.4, 0.5) is 5.95 Å². The molecule has 1 aromatic carbocycles. The fraction of sp³-hybridized carbons (Fsp3) is 0.273. The largest absolute Gasteiger partial charge is 0.337 e. The minimum atomic E-state index is -3.66. The van der Waals surface area contributed by atoms with Crippen molar-refractivity contribution in [3.8, 4) is 0 Å². The summed E-state index contributed by atoms with van der Waals surface area (Å²) in [7, 11) is -3.66. The topological polar surface area (TPSA) is 85.1 Å². The first-order valence-corrected chi connectivity index (χ1v) is 6.91. The average molecular weight is 267 g/mol. The molecule has 0 aliphatic heterocycles. The third-order valence-electron chi connectivity index (χ3n) is 2.33. The molecular formula is C11H13N3O3S. The van der Waals surface area contributed by atoms with Gasteiger partial charge < -0.3 is 4.52 Å². The molecule has 0 aliphatic carbocycles. The Morgan fingerprint density at radius 2 is 1.94 bits per heavy atom. The fourth-order valence-corrected chi connectivity index (χ4v) is 2.27. The number of anilines is 1. The van der Waals surface area contributed by atoms with Crippen molar-refractivity contribution in [3.63, 3.8) is 0 Å². The highest BCUT2D eigenvalue weighted by atomic mass is 32.2. The average Bonchev–Trinajstić information content (AvgIpc) is 2.76. The van der Waals surface area contributed by atoms with Crippen LogP contribution in [-0.2, 0) is 16.4 Å². The molecule has 0 bridgehead atoms. The van der Waals surface area contributed by atoms with Crippen LogP contribution in [0.25, 0.3) is 0 Å². The number of nitrogens with one attached hydrogen (secondary N) is 1. The van der Waals surface area contributed by atoms with E-state index in [2.05, 4.69) is 14.9 Å². The van der Waals surface area contributed by atoms with Gasteiger partial charge in [0.2, 0.25) is 5.89 Å². The van der Waals surface area contributed by atoms with E-state index in [1.165, 1.54) is 12.1 Å². The van der Waals surface area contributed by atoms with Gasteiger partial charge in [0.1, 0.15) is 0 Å². The smallest absolute Gasteiger partial charge is 0.277 e. The van der Waals surface area contributed by atoms with Crippen LogP contribution in [0, 0.1) is 6.92 Å². The Bertz CT molecular complexity index is 632. The summed E-state index contributed by atoms with van der Waals surface area (Å²) in [5.41, 5.74) is 0.988. The first-order chi connectivity index (χ1) is 8.51. The third kappa shape index (κ3) is 2.67. The first-order valence-electron chi connectivity index (χ1n) is 5.43. The number of sulfonamides is 1. The molecule has 0 saturated carbocycles. The number of aryl methyl sites for hydroxylation is 2. The van der Waals surface area contributed by atoms with E-state index in [1.54, 1.807) is 12.1 Å². The molecule has 6 nitrogen and oxygen atoms in total. The molecule has 2 aromatic rings. The van der Waals surface area contributed by atoms with E-state index in [-0.39, 0.29) is 10.8 Å². The maximum atomic E-state index is 12.0. The van der Waals surface area contributed by atoms with E-state index in [1.807, 2.05) is 13.8 Å². The normalized spacial score (nSPS) is 11.4. The Balaban J connectivity index is 2.24. The minimum absolute atomic E-state index is 0.0487. The van der Waals surface area contributed by atoms with Gasteiger partial charge in [-0.05, 0) is 24.2 Å². The predicted molar refractivity (Wildman–Crippen MR) is 65.7 cm³/mol. The first kappa shape index (κ1) is 12.6. The Morgan fingerprint density at radius 3 is 2.50 bits per heavy atom. The molecule has 18 heavy (non-hydrogen) atoms. The number of nitrogens with zero attached hydrogens (tertiary/aromatic N) is 2. The van der Waals surface area contributed by atoms with E-state index >= 15 is 0 Å². The molecule has 0 atom stereocenters. The van der Waals surface area contributed by atoms with Crippen LogP contribution in [0.1, 0.15) is 18.4 Å². The molecule has 1 N–H and O–H groups in total. The second-order valence-electron chi connectivity index (χ2n) is 3.78. The Labute approximate surface area is 105 Å². The molecule has 0 radical (unpaired) electrons. The van der Waals surface area contributed by atoms with Crippen LogP contribution < -0.4 is 4.72 Å². The summed E-state index contributed by atoms with van der Waals surface area (Å²) >= 11 is 0. The van der Waals surface area contributed by atoms with Gasteiger partial charge in [0, 0.05) is 6.42 Å². The Kier molecular flexibility index (Phi) is 3.33. The fourth-order valence-electron chi connectivity index (χ4n) is 1.34. The maximum absolute atomic E-state index is 12.0. The second-order valence-corrected chi connectivity index (χ2v) is 5.47. The SMILES string of the molecule is CCc1nc(NS(=O)(=O)c2ccc(C)cc2)no1. The van der Waals surface area contributed by atoms with Gasteiger partial charge >= 0.3 is 0 Å². The van der Waals surface area contributed by atoms with Crippen molar-refractivity contribution in [2.45, 2.75) is 25.2 Å². The molecule has 96 valence electrons. The molecule has 0 amide bonds. The third-order valence-corrected chi connectivity index (χ3v) is 3.67. The Hall–Kier alpha value is -1.89. The predicted octanol–water partition coefficient (Wildman–Crippen LogP) is 1.74. The van der Waals surface area contributed by atoms with Crippen LogP contribution in [0.2, 0.25) is 0 Å². The maximum Gasteiger partial charge on any atom is 0.277 e. The van der Waals surface area contributed by atoms with Gasteiger partial charge in [-0.25, -0.2) is 13.1 Å². The van der Waals surface area contributed by atoms with Crippen LogP contribution in [0.3, 0.4) is 0 Å². The van der Waals surface area contributed by atoms with Gasteiger partial charge in [0.15, 0.2) is 0 Å². The quantitative estimate of drug-likeness (QED) is 0.912. The molecule has 0 saturated heterocycles. The van der Waals surface area contributed by atoms with E-state index in [0.717, 1.165) is 5.56 Å².